The van der Waals surface area contributed by atoms with Gasteiger partial charge in [0.15, 0.2) is 0 Å². The molecule has 0 aromatic heterocycles. The van der Waals surface area contributed by atoms with Crippen molar-refractivity contribution in [2.75, 3.05) is 0 Å². The summed E-state index contributed by atoms with van der Waals surface area (Å²) in [4.78, 5) is 0. The van der Waals surface area contributed by atoms with Crippen molar-refractivity contribution < 1.29 is 0 Å². The summed E-state index contributed by atoms with van der Waals surface area (Å²) in [5.74, 6) is 0. The second-order valence-electron chi connectivity index (χ2n) is 3.06. The molecule has 0 unspecified atom stereocenters. The molecule has 0 aliphatic rings. The van der Waals surface area contributed by atoms with Crippen LogP contribution < -0.4 is 0 Å². The van der Waals surface area contributed by atoms with Crippen LogP contribution in [-0.2, 0) is 0 Å². The van der Waals surface area contributed by atoms with Crippen molar-refractivity contribution in [2.24, 2.45) is 0 Å². The first-order valence-corrected chi connectivity index (χ1v) is 4.77. The molecule has 0 saturated carbocycles. The molecule has 0 fully saturated rings. The molecule has 0 spiro atoms. The van der Waals surface area contributed by atoms with Gasteiger partial charge in [0.1, 0.15) is 0 Å². The molecular formula is C15H18. The highest BCUT2D eigenvalue weighted by Gasteiger charge is 1.92. The Bertz CT molecular complexity index is 346. The highest BCUT2D eigenvalue weighted by molar-refractivity contribution is 5.46. The first-order valence-electron chi connectivity index (χ1n) is 4.77. The van der Waals surface area contributed by atoms with Gasteiger partial charge in [-0.15, -0.1) is 0 Å². The molecule has 0 atom stereocenters. The minimum atomic E-state index is 0.890. The van der Waals surface area contributed by atoms with Crippen LogP contribution in [0.4, 0.5) is 0 Å². The Morgan fingerprint density at radius 2 is 1.67 bits per heavy atom. The van der Waals surface area contributed by atoms with Gasteiger partial charge in [0.25, 0.3) is 0 Å². The number of hydrogen-bond donors (Lipinski definition) is 0. The Hall–Kier alpha value is -1.82. The standard InChI is InChI=1S/C15H18/c1-6-9-10-15(14(5)8-3)12-11-13(4)7-2/h6-12H,1-3,5H2,4H3/b10-9-,13-11-,15-12-. The van der Waals surface area contributed by atoms with E-state index in [2.05, 4.69) is 26.3 Å². The highest BCUT2D eigenvalue weighted by Crippen LogP contribution is 2.11. The van der Waals surface area contributed by atoms with Crippen molar-refractivity contribution in [1.82, 2.24) is 0 Å². The van der Waals surface area contributed by atoms with E-state index in [1.54, 1.807) is 12.2 Å². The third-order valence-corrected chi connectivity index (χ3v) is 1.88. The summed E-state index contributed by atoms with van der Waals surface area (Å²) < 4.78 is 0. The van der Waals surface area contributed by atoms with Gasteiger partial charge in [0, 0.05) is 0 Å². The maximum Gasteiger partial charge on any atom is -0.0190 e. The minimum Gasteiger partial charge on any atom is -0.0991 e. The smallest absolute Gasteiger partial charge is 0.0190 e. The zero-order chi connectivity index (χ0) is 11.7. The summed E-state index contributed by atoms with van der Waals surface area (Å²) in [6, 6.07) is 0. The third kappa shape index (κ3) is 5.48. The van der Waals surface area contributed by atoms with Gasteiger partial charge in [-0.1, -0.05) is 74.4 Å². The van der Waals surface area contributed by atoms with E-state index in [9.17, 15) is 0 Å². The molecule has 0 heteroatoms. The Labute approximate surface area is 93.0 Å². The molecule has 0 saturated heterocycles. The summed E-state index contributed by atoms with van der Waals surface area (Å²) >= 11 is 0. The first kappa shape index (κ1) is 13.2. The molecule has 0 aromatic carbocycles. The van der Waals surface area contributed by atoms with Crippen molar-refractivity contribution in [3.8, 4) is 0 Å². The second kappa shape index (κ2) is 7.57. The fourth-order valence-corrected chi connectivity index (χ4v) is 0.848. The predicted molar refractivity (Wildman–Crippen MR) is 70.7 cm³/mol. The van der Waals surface area contributed by atoms with Gasteiger partial charge >= 0.3 is 0 Å². The molecule has 0 N–H and O–H groups in total. The van der Waals surface area contributed by atoms with Crippen LogP contribution >= 0.6 is 0 Å². The molecule has 0 amide bonds. The van der Waals surface area contributed by atoms with Gasteiger partial charge in [-0.2, -0.15) is 0 Å². The molecule has 0 heterocycles. The van der Waals surface area contributed by atoms with Crippen LogP contribution in [0.25, 0.3) is 0 Å². The van der Waals surface area contributed by atoms with E-state index in [0.29, 0.717) is 0 Å². The van der Waals surface area contributed by atoms with Crippen LogP contribution in [0.3, 0.4) is 0 Å². The molecule has 0 rings (SSSR count). The van der Waals surface area contributed by atoms with Crippen molar-refractivity contribution in [3.63, 3.8) is 0 Å². The Balaban J connectivity index is 5.00. The average molecular weight is 198 g/mol. The van der Waals surface area contributed by atoms with Crippen LogP contribution in [0.5, 0.6) is 0 Å². The van der Waals surface area contributed by atoms with E-state index in [0.717, 1.165) is 16.7 Å². The van der Waals surface area contributed by atoms with Crippen LogP contribution in [0.2, 0.25) is 0 Å². The van der Waals surface area contributed by atoms with E-state index in [4.69, 9.17) is 0 Å². The van der Waals surface area contributed by atoms with Crippen molar-refractivity contribution in [2.45, 2.75) is 6.92 Å². The van der Waals surface area contributed by atoms with E-state index in [1.165, 1.54) is 0 Å². The topological polar surface area (TPSA) is 0 Å². The average Bonchev–Trinajstić information content (AvgIpc) is 2.27. The maximum absolute atomic E-state index is 3.90. The SMILES string of the molecule is C=C\C=C/C(=C/C=C(/C)C=C)C(=C)C=C. The number of rotatable bonds is 6. The fourth-order valence-electron chi connectivity index (χ4n) is 0.848. The summed E-state index contributed by atoms with van der Waals surface area (Å²) in [7, 11) is 0. The lowest BCUT2D eigenvalue weighted by atomic mass is 10.1. The Kier molecular flexibility index (Phi) is 6.65. The fraction of sp³-hybridized carbons (Fsp3) is 0.0667. The number of allylic oxidation sites excluding steroid dienone is 10. The molecule has 0 aliphatic carbocycles. The highest BCUT2D eigenvalue weighted by atomic mass is 14.0. The summed E-state index contributed by atoms with van der Waals surface area (Å²) in [5.41, 5.74) is 3.02. The largest absolute Gasteiger partial charge is 0.0991 e. The Morgan fingerprint density at radius 1 is 1.00 bits per heavy atom. The predicted octanol–water partition coefficient (Wildman–Crippen LogP) is 4.53. The molecule has 78 valence electrons. The van der Waals surface area contributed by atoms with Crippen molar-refractivity contribution in [1.29, 1.82) is 0 Å². The maximum atomic E-state index is 3.90. The molecule has 0 nitrogen and oxygen atoms in total. The third-order valence-electron chi connectivity index (χ3n) is 1.88. The van der Waals surface area contributed by atoms with E-state index >= 15 is 0 Å². The Morgan fingerprint density at radius 3 is 2.13 bits per heavy atom. The van der Waals surface area contributed by atoms with Crippen molar-refractivity contribution >= 4 is 0 Å². The second-order valence-corrected chi connectivity index (χ2v) is 3.06. The zero-order valence-corrected chi connectivity index (χ0v) is 9.37. The lowest BCUT2D eigenvalue weighted by Gasteiger charge is -1.99. The zero-order valence-electron chi connectivity index (χ0n) is 9.37. The molecule has 0 bridgehead atoms. The van der Waals surface area contributed by atoms with E-state index in [-0.39, 0.29) is 0 Å². The van der Waals surface area contributed by atoms with Crippen LogP contribution in [0.1, 0.15) is 6.92 Å². The molecular weight excluding hydrogens is 180 g/mol. The van der Waals surface area contributed by atoms with Gasteiger partial charge in [0.05, 0.1) is 0 Å². The lowest BCUT2D eigenvalue weighted by Crippen LogP contribution is -1.79. The summed E-state index contributed by atoms with van der Waals surface area (Å²) in [6.45, 7) is 16.9. The summed E-state index contributed by atoms with van der Waals surface area (Å²) in [6.07, 6.45) is 13.1. The molecule has 0 radical (unpaired) electrons. The monoisotopic (exact) mass is 198 g/mol. The lowest BCUT2D eigenvalue weighted by molar-refractivity contribution is 1.50. The van der Waals surface area contributed by atoms with Gasteiger partial charge in [-0.3, -0.25) is 0 Å². The van der Waals surface area contributed by atoms with E-state index in [1.807, 2.05) is 37.3 Å². The molecule has 15 heavy (non-hydrogen) atoms. The van der Waals surface area contributed by atoms with Crippen LogP contribution in [-0.4, -0.2) is 0 Å². The van der Waals surface area contributed by atoms with Crippen LogP contribution in [0.15, 0.2) is 85.6 Å². The van der Waals surface area contributed by atoms with Gasteiger partial charge in [-0.25, -0.2) is 0 Å². The first-order chi connectivity index (χ1) is 7.15. The van der Waals surface area contributed by atoms with Crippen LogP contribution in [0, 0.1) is 0 Å². The van der Waals surface area contributed by atoms with Gasteiger partial charge < -0.3 is 0 Å². The minimum absolute atomic E-state index is 0.890. The molecule has 0 aliphatic heterocycles. The number of hydrogen-bond acceptors (Lipinski definition) is 0. The molecule has 0 aromatic rings. The summed E-state index contributed by atoms with van der Waals surface area (Å²) in [5, 5.41) is 0. The quantitative estimate of drug-likeness (QED) is 0.550. The van der Waals surface area contributed by atoms with Crippen molar-refractivity contribution in [3.05, 3.63) is 85.6 Å². The van der Waals surface area contributed by atoms with Gasteiger partial charge in [-0.05, 0) is 18.1 Å². The van der Waals surface area contributed by atoms with Gasteiger partial charge in [0.2, 0.25) is 0 Å². The normalized spacial score (nSPS) is 12.6. The van der Waals surface area contributed by atoms with E-state index < -0.39 is 0 Å².